The molecule has 3 heterocycles. The Labute approximate surface area is 204 Å². The molecule has 1 amide bonds. The molecule has 0 aromatic carbocycles. The maximum atomic E-state index is 12.2. The summed E-state index contributed by atoms with van der Waals surface area (Å²) in [5.74, 6) is -0.934. The largest absolute Gasteiger partial charge is 0.481 e. The van der Waals surface area contributed by atoms with Gasteiger partial charge in [-0.2, -0.15) is 5.10 Å². The molecule has 2 saturated carbocycles. The molecular formula is C25H34N6O4. The van der Waals surface area contributed by atoms with Crippen LogP contribution in [-0.2, 0) is 21.0 Å². The fraction of sp³-hybridized carbons (Fsp3) is 0.600. The molecule has 1 spiro atoms. The molecule has 0 saturated heterocycles. The van der Waals surface area contributed by atoms with Gasteiger partial charge in [0, 0.05) is 36.8 Å². The Morgan fingerprint density at radius 3 is 2.63 bits per heavy atom. The minimum absolute atomic E-state index is 0.0417. The summed E-state index contributed by atoms with van der Waals surface area (Å²) in [6.45, 7) is 7.30. The van der Waals surface area contributed by atoms with Crippen LogP contribution in [0.5, 0.6) is 0 Å². The molecule has 3 aliphatic rings. The molecule has 2 aromatic rings. The van der Waals surface area contributed by atoms with Crippen LogP contribution in [0.15, 0.2) is 12.3 Å². The lowest BCUT2D eigenvalue weighted by molar-refractivity contribution is -0.146. The van der Waals surface area contributed by atoms with Gasteiger partial charge in [-0.1, -0.05) is 0 Å². The predicted octanol–water partition coefficient (Wildman–Crippen LogP) is 2.98. The summed E-state index contributed by atoms with van der Waals surface area (Å²) in [7, 11) is 0. The highest BCUT2D eigenvalue weighted by atomic mass is 16.7. The third kappa shape index (κ3) is 4.24. The van der Waals surface area contributed by atoms with Gasteiger partial charge in [0.25, 0.3) is 0 Å². The molecule has 188 valence electrons. The second-order valence-electron chi connectivity index (χ2n) is 10.0. The quantitative estimate of drug-likeness (QED) is 0.474. The first-order chi connectivity index (χ1) is 16.8. The van der Waals surface area contributed by atoms with Crippen molar-refractivity contribution in [3.8, 4) is 0 Å². The van der Waals surface area contributed by atoms with Crippen molar-refractivity contribution in [2.75, 3.05) is 11.9 Å². The summed E-state index contributed by atoms with van der Waals surface area (Å²) >= 11 is 0. The first kappa shape index (κ1) is 23.6. The summed E-state index contributed by atoms with van der Waals surface area (Å²) < 4.78 is 1.90. The van der Waals surface area contributed by atoms with Crippen molar-refractivity contribution >= 4 is 34.3 Å². The summed E-state index contributed by atoms with van der Waals surface area (Å²) in [4.78, 5) is 34.3. The zero-order valence-electron chi connectivity index (χ0n) is 20.6. The second kappa shape index (κ2) is 9.14. The topological polar surface area (TPSA) is 130 Å². The number of anilines is 1. The van der Waals surface area contributed by atoms with E-state index in [9.17, 15) is 14.7 Å². The number of hydrogen-bond acceptors (Lipinski definition) is 7. The van der Waals surface area contributed by atoms with Gasteiger partial charge in [0.2, 0.25) is 5.91 Å². The molecule has 35 heavy (non-hydrogen) atoms. The normalized spacial score (nSPS) is 27.9. The van der Waals surface area contributed by atoms with E-state index in [0.29, 0.717) is 38.8 Å². The maximum Gasteiger partial charge on any atom is 0.306 e. The number of fused-ring (bicyclic) bond motifs is 1. The zero-order chi connectivity index (χ0) is 24.7. The van der Waals surface area contributed by atoms with Crippen molar-refractivity contribution in [1.82, 2.24) is 25.6 Å². The van der Waals surface area contributed by atoms with E-state index >= 15 is 0 Å². The fourth-order valence-corrected chi connectivity index (χ4v) is 5.67. The number of pyridine rings is 1. The smallest absolute Gasteiger partial charge is 0.306 e. The number of rotatable bonds is 7. The molecule has 0 bridgehead atoms. The first-order valence-corrected chi connectivity index (χ1v) is 12.6. The molecular weight excluding hydrogens is 448 g/mol. The Morgan fingerprint density at radius 2 is 1.97 bits per heavy atom. The van der Waals surface area contributed by atoms with Crippen molar-refractivity contribution in [3.63, 3.8) is 0 Å². The minimum Gasteiger partial charge on any atom is -0.481 e. The van der Waals surface area contributed by atoms with Crippen LogP contribution in [-0.4, -0.2) is 49.9 Å². The number of carbonyl (C=O) groups excluding carboxylic acids is 1. The lowest BCUT2D eigenvalue weighted by atomic mass is 9.70. The van der Waals surface area contributed by atoms with Gasteiger partial charge in [-0.3, -0.25) is 19.9 Å². The molecule has 2 aliphatic carbocycles. The van der Waals surface area contributed by atoms with E-state index < -0.39 is 11.6 Å². The van der Waals surface area contributed by atoms with Crippen molar-refractivity contribution < 1.29 is 19.5 Å². The summed E-state index contributed by atoms with van der Waals surface area (Å²) in [5.41, 5.74) is 7.02. The lowest BCUT2D eigenvalue weighted by Gasteiger charge is -2.40. The number of amides is 1. The van der Waals surface area contributed by atoms with E-state index in [2.05, 4.69) is 27.3 Å². The van der Waals surface area contributed by atoms with Crippen LogP contribution in [0.2, 0.25) is 0 Å². The third-order valence-corrected chi connectivity index (χ3v) is 7.63. The van der Waals surface area contributed by atoms with Gasteiger partial charge in [0.1, 0.15) is 5.60 Å². The van der Waals surface area contributed by atoms with Crippen molar-refractivity contribution in [3.05, 3.63) is 23.5 Å². The molecule has 2 fully saturated rings. The summed E-state index contributed by atoms with van der Waals surface area (Å²) in [6.07, 6.45) is 8.13. The maximum absolute atomic E-state index is 12.2. The highest BCUT2D eigenvalue weighted by Crippen LogP contribution is 2.47. The number of aromatic nitrogens is 3. The van der Waals surface area contributed by atoms with Crippen LogP contribution >= 0.6 is 0 Å². The van der Waals surface area contributed by atoms with Gasteiger partial charge < -0.3 is 15.7 Å². The van der Waals surface area contributed by atoms with Crippen LogP contribution in [0.4, 0.5) is 5.69 Å². The van der Waals surface area contributed by atoms with Crippen LogP contribution in [0, 0.1) is 18.8 Å². The van der Waals surface area contributed by atoms with E-state index in [1.165, 1.54) is 0 Å². The molecule has 5 rings (SSSR count). The SMILES string of the molecule is CCNC(=O)C1CC2(C=C(c3cnc4c(c(C)nn4CC)c3NC3CCC(C(=O)O)CC3)NO2)C1. The Morgan fingerprint density at radius 1 is 1.23 bits per heavy atom. The number of aryl methyl sites for hydroxylation is 2. The number of nitrogens with one attached hydrogen (secondary N) is 3. The van der Waals surface area contributed by atoms with Crippen molar-refractivity contribution in [1.29, 1.82) is 0 Å². The highest BCUT2D eigenvalue weighted by Gasteiger charge is 2.50. The van der Waals surface area contributed by atoms with Crippen molar-refractivity contribution in [2.24, 2.45) is 11.8 Å². The van der Waals surface area contributed by atoms with Crippen LogP contribution in [0.3, 0.4) is 0 Å². The van der Waals surface area contributed by atoms with E-state index in [-0.39, 0.29) is 23.8 Å². The second-order valence-corrected chi connectivity index (χ2v) is 10.0. The van der Waals surface area contributed by atoms with Gasteiger partial charge in [0.15, 0.2) is 5.65 Å². The van der Waals surface area contributed by atoms with Crippen LogP contribution in [0.1, 0.15) is 63.6 Å². The molecule has 10 heteroatoms. The molecule has 0 atom stereocenters. The molecule has 1 aliphatic heterocycles. The number of carbonyl (C=O) groups is 2. The Bertz CT molecular complexity index is 1170. The summed E-state index contributed by atoms with van der Waals surface area (Å²) in [5, 5.41) is 21.7. The molecule has 4 N–H and O–H groups in total. The molecule has 2 aromatic heterocycles. The van der Waals surface area contributed by atoms with Gasteiger partial charge in [-0.05, 0) is 65.4 Å². The van der Waals surface area contributed by atoms with Crippen molar-refractivity contribution in [2.45, 2.75) is 77.5 Å². The first-order valence-electron chi connectivity index (χ1n) is 12.6. The van der Waals surface area contributed by atoms with Gasteiger partial charge >= 0.3 is 5.97 Å². The third-order valence-electron chi connectivity index (χ3n) is 7.63. The van der Waals surface area contributed by atoms with Crippen LogP contribution in [0.25, 0.3) is 16.7 Å². The molecule has 10 nitrogen and oxygen atoms in total. The Hall–Kier alpha value is -3.14. The monoisotopic (exact) mass is 482 g/mol. The van der Waals surface area contributed by atoms with E-state index in [1.54, 1.807) is 0 Å². The Kier molecular flexibility index (Phi) is 6.16. The van der Waals surface area contributed by atoms with Gasteiger partial charge in [-0.25, -0.2) is 9.67 Å². The highest BCUT2D eigenvalue weighted by molar-refractivity contribution is 5.98. The number of nitrogens with zero attached hydrogens (tertiary/aromatic N) is 3. The zero-order valence-corrected chi connectivity index (χ0v) is 20.6. The van der Waals surface area contributed by atoms with E-state index in [1.807, 2.05) is 31.6 Å². The number of hydroxylamine groups is 1. The number of carboxylic acids is 1. The fourth-order valence-electron chi connectivity index (χ4n) is 5.67. The summed E-state index contributed by atoms with van der Waals surface area (Å²) in [6, 6.07) is 0.169. The Balaban J connectivity index is 1.45. The average molecular weight is 483 g/mol. The van der Waals surface area contributed by atoms with E-state index in [0.717, 1.165) is 46.5 Å². The van der Waals surface area contributed by atoms with Crippen LogP contribution < -0.4 is 16.1 Å². The average Bonchev–Trinajstić information content (AvgIpc) is 3.41. The lowest BCUT2D eigenvalue weighted by Crippen LogP contribution is -2.50. The minimum atomic E-state index is -0.704. The molecule has 0 radical (unpaired) electrons. The number of hydrogen-bond donors (Lipinski definition) is 4. The standard InChI is InChI=1S/C25H34N6O4/c1-4-26-23(32)16-10-25(11-16)12-19(30-35-25)18-13-27-22-20(14(3)29-31(22)5-2)21(18)28-17-8-6-15(7-9-17)24(33)34/h12-13,15-17,30H,4-11H2,1-3H3,(H,26,32)(H,27,28)(H,33,34). The number of aliphatic carboxylic acids is 1. The molecule has 0 unspecified atom stereocenters. The van der Waals surface area contributed by atoms with E-state index in [4.69, 9.17) is 9.82 Å². The number of carboxylic acid groups (broad SMARTS) is 1. The van der Waals surface area contributed by atoms with Gasteiger partial charge in [-0.15, -0.1) is 0 Å². The predicted molar refractivity (Wildman–Crippen MR) is 131 cm³/mol. The van der Waals surface area contributed by atoms with Gasteiger partial charge in [0.05, 0.1) is 28.4 Å².